The van der Waals surface area contributed by atoms with Crippen LogP contribution in [-0.4, -0.2) is 25.7 Å². The molecule has 1 N–H and O–H groups in total. The van der Waals surface area contributed by atoms with Crippen LogP contribution in [0.5, 0.6) is 11.6 Å². The van der Waals surface area contributed by atoms with Crippen molar-refractivity contribution in [3.05, 3.63) is 55.1 Å². The van der Waals surface area contributed by atoms with Gasteiger partial charge in [0.05, 0.1) is 0 Å². The van der Waals surface area contributed by atoms with Gasteiger partial charge < -0.3 is 10.1 Å². The Balaban J connectivity index is 1.76. The van der Waals surface area contributed by atoms with Gasteiger partial charge >= 0.3 is 0 Å². The van der Waals surface area contributed by atoms with Gasteiger partial charge in [-0.25, -0.2) is 14.6 Å². The summed E-state index contributed by atoms with van der Waals surface area (Å²) in [5, 5.41) is 6.80. The van der Waals surface area contributed by atoms with Gasteiger partial charge in [-0.1, -0.05) is 0 Å². The van der Waals surface area contributed by atoms with Gasteiger partial charge in [0.15, 0.2) is 5.82 Å². The third-order valence-electron chi connectivity index (χ3n) is 2.76. The monoisotopic (exact) mass is 295 g/mol. The number of amides is 1. The number of hydrogen-bond acceptors (Lipinski definition) is 5. The van der Waals surface area contributed by atoms with E-state index in [1.807, 2.05) is 6.07 Å². The van der Waals surface area contributed by atoms with E-state index in [1.54, 1.807) is 47.4 Å². The van der Waals surface area contributed by atoms with Crippen LogP contribution in [0.15, 0.2) is 55.1 Å². The largest absolute Gasteiger partial charge is 0.439 e. The molecule has 0 bridgehead atoms. The molecular weight excluding hydrogens is 282 g/mol. The van der Waals surface area contributed by atoms with E-state index in [2.05, 4.69) is 20.4 Å². The van der Waals surface area contributed by atoms with Crippen molar-refractivity contribution in [3.63, 3.8) is 0 Å². The molecule has 0 saturated carbocycles. The predicted molar refractivity (Wildman–Crippen MR) is 80.0 cm³/mol. The summed E-state index contributed by atoms with van der Waals surface area (Å²) >= 11 is 0. The first-order chi connectivity index (χ1) is 10.7. The number of hydrogen-bond donors (Lipinski definition) is 1. The van der Waals surface area contributed by atoms with Crippen LogP contribution in [0.25, 0.3) is 5.82 Å². The van der Waals surface area contributed by atoms with Crippen molar-refractivity contribution in [2.24, 2.45) is 0 Å². The van der Waals surface area contributed by atoms with Gasteiger partial charge in [0.1, 0.15) is 12.1 Å². The maximum absolute atomic E-state index is 11.0. The maximum Gasteiger partial charge on any atom is 0.224 e. The van der Waals surface area contributed by atoms with E-state index < -0.39 is 0 Å². The molecule has 0 unspecified atom stereocenters. The lowest BCUT2D eigenvalue weighted by atomic mass is 10.3. The Morgan fingerprint density at radius 1 is 1.23 bits per heavy atom. The molecule has 0 aliphatic heterocycles. The highest BCUT2D eigenvalue weighted by molar-refractivity contribution is 5.88. The fraction of sp³-hybridized carbons (Fsp3) is 0.0667. The highest BCUT2D eigenvalue weighted by Crippen LogP contribution is 2.22. The molecule has 0 saturated heterocycles. The van der Waals surface area contributed by atoms with Crippen LogP contribution < -0.4 is 10.1 Å². The number of nitrogens with zero attached hydrogens (tertiary/aromatic N) is 4. The van der Waals surface area contributed by atoms with Gasteiger partial charge in [0.2, 0.25) is 11.8 Å². The van der Waals surface area contributed by atoms with Crippen molar-refractivity contribution in [1.29, 1.82) is 0 Å². The third-order valence-corrected chi connectivity index (χ3v) is 2.76. The van der Waals surface area contributed by atoms with Crippen LogP contribution in [-0.2, 0) is 4.79 Å². The number of rotatable bonds is 4. The molecule has 3 aromatic rings. The number of anilines is 1. The average molecular weight is 295 g/mol. The molecule has 7 heteroatoms. The summed E-state index contributed by atoms with van der Waals surface area (Å²) in [5.41, 5.74) is 0.708. The van der Waals surface area contributed by atoms with Crippen LogP contribution >= 0.6 is 0 Å². The molecule has 110 valence electrons. The normalized spacial score (nSPS) is 10.2. The summed E-state index contributed by atoms with van der Waals surface area (Å²) in [6.45, 7) is 1.46. The first kappa shape index (κ1) is 13.7. The summed E-state index contributed by atoms with van der Waals surface area (Å²) in [6.07, 6.45) is 4.87. The zero-order chi connectivity index (χ0) is 15.4. The van der Waals surface area contributed by atoms with Crippen molar-refractivity contribution < 1.29 is 9.53 Å². The lowest BCUT2D eigenvalue weighted by molar-refractivity contribution is -0.114. The third kappa shape index (κ3) is 3.26. The smallest absolute Gasteiger partial charge is 0.224 e. The zero-order valence-electron chi connectivity index (χ0n) is 11.8. The van der Waals surface area contributed by atoms with Crippen LogP contribution in [0, 0.1) is 0 Å². The quantitative estimate of drug-likeness (QED) is 0.799. The minimum Gasteiger partial charge on any atom is -0.439 e. The molecule has 7 nitrogen and oxygen atoms in total. The number of ether oxygens (including phenoxy) is 1. The standard InChI is InChI=1S/C15H13N5O2/c1-11(21)19-12-3-5-13(6-4-12)22-15-9-14(16-10-17-15)20-8-2-7-18-20/h2-10H,1H3,(H,19,21). The van der Waals surface area contributed by atoms with Crippen molar-refractivity contribution >= 4 is 11.6 Å². The molecule has 22 heavy (non-hydrogen) atoms. The van der Waals surface area contributed by atoms with Gasteiger partial charge in [-0.15, -0.1) is 0 Å². The minimum absolute atomic E-state index is 0.117. The van der Waals surface area contributed by atoms with Gasteiger partial charge in [-0.3, -0.25) is 4.79 Å². The van der Waals surface area contributed by atoms with E-state index in [9.17, 15) is 4.79 Å². The molecule has 0 spiro atoms. The number of nitrogens with one attached hydrogen (secondary N) is 1. The Kier molecular flexibility index (Phi) is 3.78. The van der Waals surface area contributed by atoms with Gasteiger partial charge in [-0.05, 0) is 30.3 Å². The Labute approximate surface area is 126 Å². The first-order valence-electron chi connectivity index (χ1n) is 6.58. The van der Waals surface area contributed by atoms with Crippen LogP contribution in [0.4, 0.5) is 5.69 Å². The van der Waals surface area contributed by atoms with Gasteiger partial charge in [0.25, 0.3) is 0 Å². The molecule has 1 aromatic carbocycles. The lowest BCUT2D eigenvalue weighted by Crippen LogP contribution is -2.05. The molecular formula is C15H13N5O2. The molecule has 0 aliphatic rings. The predicted octanol–water partition coefficient (Wildman–Crippen LogP) is 2.41. The highest BCUT2D eigenvalue weighted by Gasteiger charge is 2.04. The molecule has 2 heterocycles. The molecule has 1 amide bonds. The average Bonchev–Trinajstić information content (AvgIpc) is 3.03. The van der Waals surface area contributed by atoms with Crippen molar-refractivity contribution in [1.82, 2.24) is 19.7 Å². The Morgan fingerprint density at radius 3 is 2.73 bits per heavy atom. The summed E-state index contributed by atoms with van der Waals surface area (Å²) in [5.74, 6) is 1.52. The summed E-state index contributed by atoms with van der Waals surface area (Å²) < 4.78 is 7.29. The van der Waals surface area contributed by atoms with E-state index in [4.69, 9.17) is 4.74 Å². The summed E-state index contributed by atoms with van der Waals surface area (Å²) in [6, 6.07) is 10.5. The van der Waals surface area contributed by atoms with Crippen molar-refractivity contribution in [3.8, 4) is 17.4 Å². The van der Waals surface area contributed by atoms with Gasteiger partial charge in [-0.2, -0.15) is 5.10 Å². The second kappa shape index (κ2) is 6.04. The SMILES string of the molecule is CC(=O)Nc1ccc(Oc2cc(-n3cccn3)ncn2)cc1. The van der Waals surface area contributed by atoms with Crippen molar-refractivity contribution in [2.75, 3.05) is 5.32 Å². The van der Waals surface area contributed by atoms with Crippen molar-refractivity contribution in [2.45, 2.75) is 6.92 Å². The number of aromatic nitrogens is 4. The fourth-order valence-corrected chi connectivity index (χ4v) is 1.85. The lowest BCUT2D eigenvalue weighted by Gasteiger charge is -2.07. The Hall–Kier alpha value is -3.22. The van der Waals surface area contributed by atoms with E-state index in [0.29, 0.717) is 23.1 Å². The van der Waals surface area contributed by atoms with E-state index >= 15 is 0 Å². The molecule has 2 aromatic heterocycles. The van der Waals surface area contributed by atoms with Gasteiger partial charge in [0, 0.05) is 31.1 Å². The molecule has 0 radical (unpaired) electrons. The summed E-state index contributed by atoms with van der Waals surface area (Å²) in [4.78, 5) is 19.2. The minimum atomic E-state index is -0.117. The topological polar surface area (TPSA) is 81.9 Å². The van der Waals surface area contributed by atoms with Crippen LogP contribution in [0.1, 0.15) is 6.92 Å². The van der Waals surface area contributed by atoms with E-state index in [1.165, 1.54) is 13.3 Å². The second-order valence-corrected chi connectivity index (χ2v) is 4.47. The molecule has 0 fully saturated rings. The molecule has 3 rings (SSSR count). The summed E-state index contributed by atoms with van der Waals surface area (Å²) in [7, 11) is 0. The first-order valence-corrected chi connectivity index (χ1v) is 6.58. The van der Waals surface area contributed by atoms with E-state index in [0.717, 1.165) is 0 Å². The maximum atomic E-state index is 11.0. The molecule has 0 aliphatic carbocycles. The van der Waals surface area contributed by atoms with Crippen LogP contribution in [0.2, 0.25) is 0 Å². The number of carbonyl (C=O) groups excluding carboxylic acids is 1. The Bertz CT molecular complexity index is 769. The zero-order valence-corrected chi connectivity index (χ0v) is 11.8. The number of benzene rings is 1. The fourth-order valence-electron chi connectivity index (χ4n) is 1.85. The second-order valence-electron chi connectivity index (χ2n) is 4.47. The Morgan fingerprint density at radius 2 is 2.05 bits per heavy atom. The highest BCUT2D eigenvalue weighted by atomic mass is 16.5. The van der Waals surface area contributed by atoms with E-state index in [-0.39, 0.29) is 5.91 Å². The number of carbonyl (C=O) groups is 1. The van der Waals surface area contributed by atoms with Crippen LogP contribution in [0.3, 0.4) is 0 Å². The molecule has 0 atom stereocenters.